The smallest absolute Gasteiger partial charge is 0.204 e. The molecule has 158 valence electrons. The van der Waals surface area contributed by atoms with Crippen LogP contribution in [0.4, 0.5) is 13.2 Å². The molecule has 0 spiro atoms. The number of rotatable bonds is 4. The van der Waals surface area contributed by atoms with Crippen LogP contribution in [0.15, 0.2) is 24.0 Å². The Morgan fingerprint density at radius 3 is 2.07 bits per heavy atom. The van der Waals surface area contributed by atoms with Gasteiger partial charge in [-0.3, -0.25) is 0 Å². The van der Waals surface area contributed by atoms with E-state index in [0.29, 0.717) is 5.41 Å². The van der Waals surface area contributed by atoms with Gasteiger partial charge in [-0.05, 0) is 93.2 Å². The highest BCUT2D eigenvalue weighted by molar-refractivity contribution is 5.34. The molecule has 4 fully saturated rings. The molecule has 1 N–H and O–H groups in total. The van der Waals surface area contributed by atoms with E-state index in [0.717, 1.165) is 51.0 Å². The average molecular weight is 406 g/mol. The fraction of sp³-hybridized carbons (Fsp3) is 0.667. The van der Waals surface area contributed by atoms with Gasteiger partial charge in [0.15, 0.2) is 11.5 Å². The molecular weight excluding hydrogens is 377 g/mol. The summed E-state index contributed by atoms with van der Waals surface area (Å²) in [5.41, 5.74) is -0.221. The molecule has 0 aromatic heterocycles. The molecular formula is C24H29F3O2. The molecule has 1 aromatic rings. The third-order valence-electron chi connectivity index (χ3n) is 9.17. The Morgan fingerprint density at radius 2 is 1.48 bits per heavy atom. The second-order valence-electron chi connectivity index (χ2n) is 10.5. The number of hydrogen-bond acceptors (Lipinski definition) is 2. The van der Waals surface area contributed by atoms with Crippen LogP contribution in [0.2, 0.25) is 0 Å². The van der Waals surface area contributed by atoms with Crippen LogP contribution in [-0.4, -0.2) is 11.7 Å². The maximum atomic E-state index is 15.7. The molecule has 4 bridgehead atoms. The first-order chi connectivity index (χ1) is 13.7. The van der Waals surface area contributed by atoms with E-state index in [4.69, 9.17) is 4.74 Å². The van der Waals surface area contributed by atoms with Crippen LogP contribution in [0, 0.1) is 33.3 Å². The van der Waals surface area contributed by atoms with E-state index in [1.807, 2.05) is 0 Å². The first-order valence-electron chi connectivity index (χ1n) is 10.9. The normalized spacial score (nSPS) is 40.8. The molecule has 6 aliphatic carbocycles. The Hall–Kier alpha value is -1.65. The second-order valence-corrected chi connectivity index (χ2v) is 10.5. The Morgan fingerprint density at radius 1 is 0.862 bits per heavy atom. The Labute approximate surface area is 170 Å². The topological polar surface area (TPSA) is 29.5 Å². The van der Waals surface area contributed by atoms with Gasteiger partial charge >= 0.3 is 0 Å². The molecule has 6 aliphatic rings. The summed E-state index contributed by atoms with van der Waals surface area (Å²) in [7, 11) is 0. The number of halogens is 3. The maximum Gasteiger partial charge on any atom is 0.204 e. The number of ether oxygens (including phenoxy) is 1. The molecule has 7 rings (SSSR count). The van der Waals surface area contributed by atoms with Gasteiger partial charge in [0, 0.05) is 10.8 Å². The molecule has 0 unspecified atom stereocenters. The number of phenols is 1. The highest BCUT2D eigenvalue weighted by Gasteiger charge is 2.63. The van der Waals surface area contributed by atoms with Crippen molar-refractivity contribution >= 4 is 0 Å². The minimum absolute atomic E-state index is 0.0152. The summed E-state index contributed by atoms with van der Waals surface area (Å²) in [6.07, 6.45) is 12.1. The van der Waals surface area contributed by atoms with Crippen LogP contribution in [0.3, 0.4) is 0 Å². The predicted molar refractivity (Wildman–Crippen MR) is 104 cm³/mol. The van der Waals surface area contributed by atoms with Crippen LogP contribution in [0.25, 0.3) is 0 Å². The molecule has 2 nitrogen and oxygen atoms in total. The third kappa shape index (κ3) is 2.68. The van der Waals surface area contributed by atoms with Crippen molar-refractivity contribution in [2.75, 3.05) is 6.61 Å². The largest absolute Gasteiger partial charge is 0.505 e. The summed E-state index contributed by atoms with van der Waals surface area (Å²) < 4.78 is 48.9. The lowest BCUT2D eigenvalue weighted by Crippen LogP contribution is -2.56. The maximum absolute atomic E-state index is 15.7. The van der Waals surface area contributed by atoms with Crippen molar-refractivity contribution in [1.29, 1.82) is 0 Å². The number of aromatic hydroxyl groups is 1. The van der Waals surface area contributed by atoms with Crippen LogP contribution < -0.4 is 4.74 Å². The summed E-state index contributed by atoms with van der Waals surface area (Å²) in [6.45, 7) is 2.51. The molecule has 1 aromatic carbocycles. The Kier molecular flexibility index (Phi) is 4.12. The SMILES string of the molecule is CC12CCC(C34CCC(COc5ccc(O)c(F)c5F)(C=C3F)CC4)(CC1)CC2. The van der Waals surface area contributed by atoms with Crippen molar-refractivity contribution < 1.29 is 23.0 Å². The van der Waals surface area contributed by atoms with E-state index in [1.165, 1.54) is 25.3 Å². The van der Waals surface area contributed by atoms with Gasteiger partial charge in [0.25, 0.3) is 0 Å². The summed E-state index contributed by atoms with van der Waals surface area (Å²) >= 11 is 0. The van der Waals surface area contributed by atoms with E-state index in [-0.39, 0.29) is 29.0 Å². The summed E-state index contributed by atoms with van der Waals surface area (Å²) in [5.74, 6) is -3.47. The minimum Gasteiger partial charge on any atom is -0.505 e. The molecule has 0 aliphatic heterocycles. The number of allylic oxidation sites excluding steroid dienone is 1. The van der Waals surface area contributed by atoms with Gasteiger partial charge in [0.1, 0.15) is 5.83 Å². The van der Waals surface area contributed by atoms with E-state index in [9.17, 15) is 13.9 Å². The van der Waals surface area contributed by atoms with Crippen molar-refractivity contribution in [3.05, 3.63) is 35.7 Å². The van der Waals surface area contributed by atoms with Gasteiger partial charge in [-0.1, -0.05) is 6.92 Å². The van der Waals surface area contributed by atoms with E-state index in [2.05, 4.69) is 6.92 Å². The molecule has 0 atom stereocenters. The zero-order chi connectivity index (χ0) is 20.5. The van der Waals surface area contributed by atoms with Crippen molar-refractivity contribution in [2.24, 2.45) is 21.7 Å². The third-order valence-corrected chi connectivity index (χ3v) is 9.17. The number of fused-ring (bicyclic) bond motifs is 5. The zero-order valence-electron chi connectivity index (χ0n) is 17.0. The number of hydrogen-bond donors (Lipinski definition) is 1. The quantitative estimate of drug-likeness (QED) is 0.594. The first-order valence-corrected chi connectivity index (χ1v) is 10.9. The van der Waals surface area contributed by atoms with Gasteiger partial charge in [0.05, 0.1) is 6.61 Å². The minimum atomic E-state index is -1.31. The molecule has 5 heteroatoms. The van der Waals surface area contributed by atoms with Crippen molar-refractivity contribution in [1.82, 2.24) is 0 Å². The Bertz CT molecular complexity index is 843. The Balaban J connectivity index is 1.37. The van der Waals surface area contributed by atoms with Crippen LogP contribution in [0.1, 0.15) is 71.1 Å². The van der Waals surface area contributed by atoms with Gasteiger partial charge in [-0.2, -0.15) is 8.78 Å². The monoisotopic (exact) mass is 406 g/mol. The van der Waals surface area contributed by atoms with E-state index < -0.39 is 22.8 Å². The second kappa shape index (κ2) is 6.18. The molecule has 4 saturated carbocycles. The summed E-state index contributed by atoms with van der Waals surface area (Å²) in [6, 6.07) is 2.30. The van der Waals surface area contributed by atoms with Gasteiger partial charge < -0.3 is 9.84 Å². The van der Waals surface area contributed by atoms with Gasteiger partial charge in [0.2, 0.25) is 11.6 Å². The lowest BCUT2D eigenvalue weighted by atomic mass is 9.40. The van der Waals surface area contributed by atoms with Gasteiger partial charge in [-0.25, -0.2) is 4.39 Å². The predicted octanol–water partition coefficient (Wildman–Crippen LogP) is 6.82. The molecule has 0 saturated heterocycles. The molecule has 0 amide bonds. The molecule has 0 radical (unpaired) electrons. The fourth-order valence-electron chi connectivity index (χ4n) is 6.88. The standard InChI is InChI=1S/C24H29F3O2/c1-21-4-9-23(10-5-21,11-6-21)24-12-7-22(8-13-24,14-18(24)25)15-29-17-3-2-16(28)19(26)20(17)27/h2-3,14,28H,4-13,15H2,1H3. The number of benzene rings is 1. The van der Waals surface area contributed by atoms with Crippen molar-refractivity contribution in [3.63, 3.8) is 0 Å². The van der Waals surface area contributed by atoms with Crippen molar-refractivity contribution in [2.45, 2.75) is 71.1 Å². The van der Waals surface area contributed by atoms with Gasteiger partial charge in [-0.15, -0.1) is 0 Å². The molecule has 0 heterocycles. The van der Waals surface area contributed by atoms with E-state index >= 15 is 4.39 Å². The fourth-order valence-corrected chi connectivity index (χ4v) is 6.88. The summed E-state index contributed by atoms with van der Waals surface area (Å²) in [4.78, 5) is 0. The zero-order valence-corrected chi connectivity index (χ0v) is 17.0. The van der Waals surface area contributed by atoms with Crippen molar-refractivity contribution in [3.8, 4) is 11.5 Å². The first kappa shape index (κ1) is 19.3. The van der Waals surface area contributed by atoms with Crippen LogP contribution in [0.5, 0.6) is 11.5 Å². The average Bonchev–Trinajstić information content (AvgIpc) is 2.73. The van der Waals surface area contributed by atoms with Crippen LogP contribution >= 0.6 is 0 Å². The lowest BCUT2D eigenvalue weighted by molar-refractivity contribution is -0.122. The highest BCUT2D eigenvalue weighted by Crippen LogP contribution is 2.72. The summed E-state index contributed by atoms with van der Waals surface area (Å²) in [5, 5.41) is 9.27. The molecule has 29 heavy (non-hydrogen) atoms. The van der Waals surface area contributed by atoms with E-state index in [1.54, 1.807) is 6.08 Å². The lowest BCUT2D eigenvalue weighted by Gasteiger charge is -2.64. The van der Waals surface area contributed by atoms with Crippen LogP contribution in [-0.2, 0) is 0 Å². The highest BCUT2D eigenvalue weighted by atomic mass is 19.2. The number of phenolic OH excluding ortho intramolecular Hbond substituents is 1.